The first-order chi connectivity index (χ1) is 14.5. The molecular formula is C24H21FN4O. The average Bonchev–Trinajstić information content (AvgIpc) is 2.77. The van der Waals surface area contributed by atoms with Crippen LogP contribution in [0.2, 0.25) is 0 Å². The van der Waals surface area contributed by atoms with E-state index >= 15 is 0 Å². The molecule has 150 valence electrons. The van der Waals surface area contributed by atoms with Crippen molar-refractivity contribution in [1.29, 1.82) is 0 Å². The summed E-state index contributed by atoms with van der Waals surface area (Å²) >= 11 is 0. The van der Waals surface area contributed by atoms with Gasteiger partial charge in [0.25, 0.3) is 5.91 Å². The van der Waals surface area contributed by atoms with Gasteiger partial charge in [0.05, 0.1) is 16.8 Å². The zero-order valence-corrected chi connectivity index (χ0v) is 16.8. The molecule has 0 unspecified atom stereocenters. The lowest BCUT2D eigenvalue weighted by atomic mass is 10.0. The highest BCUT2D eigenvalue weighted by atomic mass is 19.1. The van der Waals surface area contributed by atoms with E-state index in [1.165, 1.54) is 12.1 Å². The molecule has 0 spiro atoms. The number of nitrogens with zero attached hydrogens (tertiary/aromatic N) is 3. The van der Waals surface area contributed by atoms with Crippen LogP contribution < -0.4 is 10.2 Å². The van der Waals surface area contributed by atoms with Crippen molar-refractivity contribution in [2.45, 2.75) is 6.54 Å². The fourth-order valence-corrected chi connectivity index (χ4v) is 3.22. The predicted molar refractivity (Wildman–Crippen MR) is 117 cm³/mol. The van der Waals surface area contributed by atoms with Crippen LogP contribution in [0.5, 0.6) is 0 Å². The van der Waals surface area contributed by atoms with Crippen molar-refractivity contribution in [3.8, 4) is 11.3 Å². The van der Waals surface area contributed by atoms with Gasteiger partial charge in [-0.1, -0.05) is 18.2 Å². The van der Waals surface area contributed by atoms with Crippen LogP contribution >= 0.6 is 0 Å². The van der Waals surface area contributed by atoms with Gasteiger partial charge in [0.1, 0.15) is 11.6 Å². The monoisotopic (exact) mass is 400 g/mol. The second kappa shape index (κ2) is 8.29. The van der Waals surface area contributed by atoms with E-state index in [0.717, 1.165) is 22.3 Å². The lowest BCUT2D eigenvalue weighted by Crippen LogP contribution is -2.23. The largest absolute Gasteiger partial charge is 0.363 e. The van der Waals surface area contributed by atoms with Gasteiger partial charge in [0.2, 0.25) is 0 Å². The van der Waals surface area contributed by atoms with Crippen LogP contribution in [0.3, 0.4) is 0 Å². The third-order valence-corrected chi connectivity index (χ3v) is 4.82. The first kappa shape index (κ1) is 19.5. The number of pyridine rings is 2. The molecule has 2 heterocycles. The summed E-state index contributed by atoms with van der Waals surface area (Å²) in [6, 6.07) is 19.2. The maximum absolute atomic E-state index is 13.3. The van der Waals surface area contributed by atoms with Crippen molar-refractivity contribution in [3.63, 3.8) is 0 Å². The lowest BCUT2D eigenvalue weighted by molar-refractivity contribution is 0.0952. The van der Waals surface area contributed by atoms with Gasteiger partial charge in [-0.15, -0.1) is 0 Å². The van der Waals surface area contributed by atoms with E-state index in [1.54, 1.807) is 24.4 Å². The van der Waals surface area contributed by atoms with Crippen molar-refractivity contribution in [2.75, 3.05) is 19.0 Å². The highest BCUT2D eigenvalue weighted by molar-refractivity contribution is 6.07. The molecule has 0 radical (unpaired) electrons. The van der Waals surface area contributed by atoms with Gasteiger partial charge in [-0.2, -0.15) is 0 Å². The number of rotatable bonds is 5. The quantitative estimate of drug-likeness (QED) is 0.538. The molecule has 0 aliphatic carbocycles. The zero-order chi connectivity index (χ0) is 21.1. The van der Waals surface area contributed by atoms with Crippen molar-refractivity contribution in [2.24, 2.45) is 0 Å². The molecule has 0 atom stereocenters. The van der Waals surface area contributed by atoms with Crippen LogP contribution in [0, 0.1) is 5.82 Å². The van der Waals surface area contributed by atoms with Gasteiger partial charge in [-0.05, 0) is 54.1 Å². The fraction of sp³-hybridized carbons (Fsp3) is 0.125. The van der Waals surface area contributed by atoms with Crippen molar-refractivity contribution in [3.05, 3.63) is 89.9 Å². The van der Waals surface area contributed by atoms with Gasteiger partial charge in [-0.3, -0.25) is 4.79 Å². The van der Waals surface area contributed by atoms with Crippen LogP contribution in [0.4, 0.5) is 10.2 Å². The zero-order valence-electron chi connectivity index (χ0n) is 16.8. The smallest absolute Gasteiger partial charge is 0.252 e. The van der Waals surface area contributed by atoms with Crippen LogP contribution in [-0.2, 0) is 6.54 Å². The molecule has 1 amide bonds. The Labute approximate surface area is 174 Å². The molecule has 4 aromatic rings. The van der Waals surface area contributed by atoms with E-state index < -0.39 is 0 Å². The Morgan fingerprint density at radius 1 is 1.03 bits per heavy atom. The maximum Gasteiger partial charge on any atom is 0.252 e. The molecule has 0 aliphatic heterocycles. The number of benzene rings is 2. The summed E-state index contributed by atoms with van der Waals surface area (Å²) in [5.74, 6) is 0.321. The number of halogens is 1. The van der Waals surface area contributed by atoms with E-state index in [9.17, 15) is 9.18 Å². The van der Waals surface area contributed by atoms with Gasteiger partial charge in [0.15, 0.2) is 0 Å². The number of para-hydroxylation sites is 1. The van der Waals surface area contributed by atoms with Gasteiger partial charge in [0, 0.05) is 37.8 Å². The van der Waals surface area contributed by atoms with Crippen molar-refractivity contribution < 1.29 is 9.18 Å². The van der Waals surface area contributed by atoms with E-state index in [4.69, 9.17) is 0 Å². The number of hydrogen-bond acceptors (Lipinski definition) is 4. The summed E-state index contributed by atoms with van der Waals surface area (Å²) in [4.78, 5) is 23.9. The molecular weight excluding hydrogens is 379 g/mol. The third kappa shape index (κ3) is 4.12. The maximum atomic E-state index is 13.3. The van der Waals surface area contributed by atoms with Crippen LogP contribution in [0.25, 0.3) is 22.2 Å². The number of fused-ring (bicyclic) bond motifs is 1. The molecule has 2 aromatic heterocycles. The standard InChI is InChI=1S/C24H21FN4O/c1-29(2)23-13-16(11-12-26-23)15-27-24(30)20-14-22(17-7-9-18(25)10-8-17)28-21-6-4-3-5-19(20)21/h3-14H,15H2,1-2H3,(H,27,30). The number of aromatic nitrogens is 2. The van der Waals surface area contributed by atoms with Crippen molar-refractivity contribution >= 4 is 22.6 Å². The molecule has 1 N–H and O–H groups in total. The molecule has 6 heteroatoms. The van der Waals surface area contributed by atoms with E-state index in [1.807, 2.05) is 55.4 Å². The first-order valence-electron chi connectivity index (χ1n) is 9.57. The Balaban J connectivity index is 1.66. The lowest BCUT2D eigenvalue weighted by Gasteiger charge is -2.13. The minimum absolute atomic E-state index is 0.194. The molecule has 5 nitrogen and oxygen atoms in total. The van der Waals surface area contributed by atoms with Crippen LogP contribution in [0.1, 0.15) is 15.9 Å². The Hall–Kier alpha value is -3.80. The van der Waals surface area contributed by atoms with Gasteiger partial charge in [-0.25, -0.2) is 14.4 Å². The fourth-order valence-electron chi connectivity index (χ4n) is 3.22. The number of hydrogen-bond donors (Lipinski definition) is 1. The SMILES string of the molecule is CN(C)c1cc(CNC(=O)c2cc(-c3ccc(F)cc3)nc3ccccc23)ccn1. The number of carbonyl (C=O) groups excluding carboxylic acids is 1. The molecule has 30 heavy (non-hydrogen) atoms. The minimum atomic E-state index is -0.313. The molecule has 0 bridgehead atoms. The molecule has 0 aliphatic rings. The summed E-state index contributed by atoms with van der Waals surface area (Å²) < 4.78 is 13.3. The van der Waals surface area contributed by atoms with Gasteiger partial charge < -0.3 is 10.2 Å². The molecule has 2 aromatic carbocycles. The Bertz CT molecular complexity index is 1210. The second-order valence-electron chi connectivity index (χ2n) is 7.18. The number of amides is 1. The molecule has 0 saturated heterocycles. The van der Waals surface area contributed by atoms with Gasteiger partial charge >= 0.3 is 0 Å². The highest BCUT2D eigenvalue weighted by Gasteiger charge is 2.14. The average molecular weight is 400 g/mol. The number of nitrogens with one attached hydrogen (secondary N) is 1. The highest BCUT2D eigenvalue weighted by Crippen LogP contribution is 2.25. The number of anilines is 1. The normalized spacial score (nSPS) is 10.8. The second-order valence-corrected chi connectivity index (χ2v) is 7.18. The Morgan fingerprint density at radius 2 is 1.80 bits per heavy atom. The van der Waals surface area contributed by atoms with Crippen molar-refractivity contribution in [1.82, 2.24) is 15.3 Å². The Kier molecular flexibility index (Phi) is 5.39. The molecule has 4 rings (SSSR count). The van der Waals surface area contributed by atoms with E-state index in [0.29, 0.717) is 23.3 Å². The molecule has 0 saturated carbocycles. The molecule has 0 fully saturated rings. The topological polar surface area (TPSA) is 58.1 Å². The summed E-state index contributed by atoms with van der Waals surface area (Å²) in [5, 5.41) is 3.76. The predicted octanol–water partition coefficient (Wildman–Crippen LogP) is 4.43. The minimum Gasteiger partial charge on any atom is -0.363 e. The summed E-state index contributed by atoms with van der Waals surface area (Å²) in [5.41, 5.74) is 3.57. The first-order valence-corrected chi connectivity index (χ1v) is 9.57. The number of carbonyl (C=O) groups is 1. The van der Waals surface area contributed by atoms with E-state index in [-0.39, 0.29) is 11.7 Å². The van der Waals surface area contributed by atoms with Crippen LogP contribution in [0.15, 0.2) is 72.9 Å². The van der Waals surface area contributed by atoms with Crippen LogP contribution in [-0.4, -0.2) is 30.0 Å². The summed E-state index contributed by atoms with van der Waals surface area (Å²) in [7, 11) is 3.84. The summed E-state index contributed by atoms with van der Waals surface area (Å²) in [6.45, 7) is 0.380. The summed E-state index contributed by atoms with van der Waals surface area (Å²) in [6.07, 6.45) is 1.73. The third-order valence-electron chi connectivity index (χ3n) is 4.82. The van der Waals surface area contributed by atoms with E-state index in [2.05, 4.69) is 15.3 Å². The Morgan fingerprint density at radius 3 is 2.57 bits per heavy atom.